The molecule has 0 heterocycles. The highest BCUT2D eigenvalue weighted by atomic mass is 16.5. The SMILES string of the molecule is CC(=O)Nc1ccc(Cc2ccc(N(O)C(C)=O)cc2)cc1. The van der Waals surface area contributed by atoms with Gasteiger partial charge in [-0.1, -0.05) is 24.3 Å². The minimum atomic E-state index is -0.429. The molecule has 0 saturated heterocycles. The van der Waals surface area contributed by atoms with E-state index in [4.69, 9.17) is 0 Å². The maximum Gasteiger partial charge on any atom is 0.247 e. The first-order chi connectivity index (χ1) is 10.5. The summed E-state index contributed by atoms with van der Waals surface area (Å²) in [4.78, 5) is 22.0. The molecule has 0 aromatic heterocycles. The molecule has 2 rings (SSSR count). The Hall–Kier alpha value is -2.66. The van der Waals surface area contributed by atoms with Gasteiger partial charge in [0.2, 0.25) is 11.8 Å². The summed E-state index contributed by atoms with van der Waals surface area (Å²) in [6.07, 6.45) is 0.728. The molecule has 0 bridgehead atoms. The molecule has 0 unspecified atom stereocenters. The van der Waals surface area contributed by atoms with Crippen molar-refractivity contribution < 1.29 is 14.8 Å². The first-order valence-electron chi connectivity index (χ1n) is 6.91. The van der Waals surface area contributed by atoms with E-state index in [0.717, 1.165) is 23.2 Å². The van der Waals surface area contributed by atoms with Crippen molar-refractivity contribution in [2.75, 3.05) is 10.4 Å². The molecule has 2 aromatic rings. The molecule has 22 heavy (non-hydrogen) atoms. The molecule has 0 saturated carbocycles. The second kappa shape index (κ2) is 6.87. The Kier molecular flexibility index (Phi) is 4.91. The van der Waals surface area contributed by atoms with Gasteiger partial charge in [-0.2, -0.15) is 5.06 Å². The van der Waals surface area contributed by atoms with Gasteiger partial charge in [-0.15, -0.1) is 0 Å². The summed E-state index contributed by atoms with van der Waals surface area (Å²) in [5.41, 5.74) is 3.38. The van der Waals surface area contributed by atoms with Crippen LogP contribution >= 0.6 is 0 Å². The molecule has 0 radical (unpaired) electrons. The molecule has 0 aliphatic carbocycles. The number of amides is 2. The highest BCUT2D eigenvalue weighted by Gasteiger charge is 2.07. The summed E-state index contributed by atoms with van der Waals surface area (Å²) in [5.74, 6) is -0.524. The van der Waals surface area contributed by atoms with Crippen molar-refractivity contribution in [2.24, 2.45) is 0 Å². The van der Waals surface area contributed by atoms with Crippen LogP contribution in [0.3, 0.4) is 0 Å². The van der Waals surface area contributed by atoms with Crippen molar-refractivity contribution in [1.29, 1.82) is 0 Å². The molecule has 0 aliphatic rings. The van der Waals surface area contributed by atoms with Gasteiger partial charge < -0.3 is 5.32 Å². The van der Waals surface area contributed by atoms with Crippen LogP contribution in [0.1, 0.15) is 25.0 Å². The number of carbonyl (C=O) groups is 2. The highest BCUT2D eigenvalue weighted by molar-refractivity contribution is 5.89. The van der Waals surface area contributed by atoms with E-state index < -0.39 is 5.91 Å². The zero-order valence-corrected chi connectivity index (χ0v) is 12.5. The third-order valence-corrected chi connectivity index (χ3v) is 3.16. The van der Waals surface area contributed by atoms with Crippen LogP contribution in [0, 0.1) is 0 Å². The van der Waals surface area contributed by atoms with Gasteiger partial charge in [0.05, 0.1) is 5.69 Å². The number of benzene rings is 2. The Morgan fingerprint density at radius 1 is 0.955 bits per heavy atom. The van der Waals surface area contributed by atoms with Gasteiger partial charge >= 0.3 is 0 Å². The molecule has 0 spiro atoms. The molecule has 114 valence electrons. The van der Waals surface area contributed by atoms with Gasteiger partial charge in [0, 0.05) is 19.5 Å². The van der Waals surface area contributed by atoms with Crippen molar-refractivity contribution in [3.63, 3.8) is 0 Å². The molecule has 5 heteroatoms. The van der Waals surface area contributed by atoms with Crippen LogP contribution in [-0.2, 0) is 16.0 Å². The Bertz CT molecular complexity index is 663. The van der Waals surface area contributed by atoms with Crippen LogP contribution in [0.5, 0.6) is 0 Å². The standard InChI is InChI=1S/C17H18N2O3/c1-12(20)18-16-7-3-14(4-8-16)11-15-5-9-17(10-6-15)19(22)13(2)21/h3-10,22H,11H2,1-2H3,(H,18,20). The topological polar surface area (TPSA) is 69.6 Å². The van der Waals surface area contributed by atoms with Gasteiger partial charge in [0.15, 0.2) is 0 Å². The maximum absolute atomic E-state index is 11.1. The average molecular weight is 298 g/mol. The Labute approximate surface area is 129 Å². The lowest BCUT2D eigenvalue weighted by molar-refractivity contribution is -0.121. The first kappa shape index (κ1) is 15.7. The van der Waals surface area contributed by atoms with Crippen LogP contribution < -0.4 is 10.4 Å². The Morgan fingerprint density at radius 2 is 1.45 bits per heavy atom. The lowest BCUT2D eigenvalue weighted by atomic mass is 10.0. The smallest absolute Gasteiger partial charge is 0.247 e. The normalized spacial score (nSPS) is 10.1. The van der Waals surface area contributed by atoms with E-state index in [2.05, 4.69) is 5.32 Å². The summed E-state index contributed by atoms with van der Waals surface area (Å²) in [7, 11) is 0. The lowest BCUT2D eigenvalue weighted by Crippen LogP contribution is -2.23. The third kappa shape index (κ3) is 4.17. The first-order valence-corrected chi connectivity index (χ1v) is 6.91. The van der Waals surface area contributed by atoms with Crippen molar-refractivity contribution in [2.45, 2.75) is 20.3 Å². The number of nitrogens with one attached hydrogen (secondary N) is 1. The number of rotatable bonds is 4. The predicted octanol–water partition coefficient (Wildman–Crippen LogP) is 2.98. The fourth-order valence-electron chi connectivity index (χ4n) is 2.08. The molecule has 0 fully saturated rings. The predicted molar refractivity (Wildman–Crippen MR) is 84.9 cm³/mol. The molecule has 0 atom stereocenters. The minimum absolute atomic E-state index is 0.0950. The van der Waals surface area contributed by atoms with Gasteiger partial charge in [-0.25, -0.2) is 0 Å². The summed E-state index contributed by atoms with van der Waals surface area (Å²) < 4.78 is 0. The number of hydrogen-bond donors (Lipinski definition) is 2. The van der Waals surface area contributed by atoms with Gasteiger partial charge in [0.1, 0.15) is 0 Å². The zero-order valence-electron chi connectivity index (χ0n) is 12.5. The summed E-state index contributed by atoms with van der Waals surface area (Å²) >= 11 is 0. The molecular weight excluding hydrogens is 280 g/mol. The second-order valence-electron chi connectivity index (χ2n) is 5.05. The van der Waals surface area contributed by atoms with E-state index in [1.165, 1.54) is 13.8 Å². The summed E-state index contributed by atoms with van der Waals surface area (Å²) in [6, 6.07) is 14.7. The number of hydrogen-bond acceptors (Lipinski definition) is 3. The van der Waals surface area contributed by atoms with E-state index in [0.29, 0.717) is 10.8 Å². The molecule has 0 aliphatic heterocycles. The molecule has 2 N–H and O–H groups in total. The fourth-order valence-corrected chi connectivity index (χ4v) is 2.08. The van der Waals surface area contributed by atoms with Crippen molar-refractivity contribution in [1.82, 2.24) is 0 Å². The van der Waals surface area contributed by atoms with Crippen molar-refractivity contribution in [3.8, 4) is 0 Å². The highest BCUT2D eigenvalue weighted by Crippen LogP contribution is 2.17. The number of anilines is 2. The van der Waals surface area contributed by atoms with E-state index >= 15 is 0 Å². The number of carbonyl (C=O) groups excluding carboxylic acids is 2. The maximum atomic E-state index is 11.1. The lowest BCUT2D eigenvalue weighted by Gasteiger charge is -2.13. The van der Waals surface area contributed by atoms with Crippen LogP contribution in [0.4, 0.5) is 11.4 Å². The molecule has 2 aromatic carbocycles. The molecular formula is C17H18N2O3. The molecule has 2 amide bonds. The van der Waals surface area contributed by atoms with E-state index in [-0.39, 0.29) is 5.91 Å². The van der Waals surface area contributed by atoms with Crippen molar-refractivity contribution in [3.05, 3.63) is 59.7 Å². The van der Waals surface area contributed by atoms with E-state index in [1.54, 1.807) is 12.1 Å². The van der Waals surface area contributed by atoms with Crippen LogP contribution in [0.2, 0.25) is 0 Å². The summed E-state index contributed by atoms with van der Waals surface area (Å²) in [6.45, 7) is 2.77. The number of hydroxylamine groups is 1. The largest absolute Gasteiger partial charge is 0.326 e. The Morgan fingerprint density at radius 3 is 1.91 bits per heavy atom. The third-order valence-electron chi connectivity index (χ3n) is 3.16. The van der Waals surface area contributed by atoms with E-state index in [9.17, 15) is 14.8 Å². The zero-order chi connectivity index (χ0) is 16.1. The monoisotopic (exact) mass is 298 g/mol. The van der Waals surface area contributed by atoms with Crippen LogP contribution in [0.25, 0.3) is 0 Å². The van der Waals surface area contributed by atoms with Gasteiger partial charge in [-0.3, -0.25) is 14.8 Å². The minimum Gasteiger partial charge on any atom is -0.326 e. The molecule has 5 nitrogen and oxygen atoms in total. The van der Waals surface area contributed by atoms with E-state index in [1.807, 2.05) is 36.4 Å². The summed E-state index contributed by atoms with van der Waals surface area (Å²) in [5, 5.41) is 12.9. The second-order valence-corrected chi connectivity index (χ2v) is 5.05. The quantitative estimate of drug-likeness (QED) is 0.673. The van der Waals surface area contributed by atoms with Crippen molar-refractivity contribution >= 4 is 23.2 Å². The fraction of sp³-hybridized carbons (Fsp3) is 0.176. The Balaban J connectivity index is 2.04. The van der Waals surface area contributed by atoms with Gasteiger partial charge in [-0.05, 0) is 41.8 Å². The van der Waals surface area contributed by atoms with Gasteiger partial charge in [0.25, 0.3) is 0 Å². The number of nitrogens with zero attached hydrogens (tertiary/aromatic N) is 1. The van der Waals surface area contributed by atoms with Crippen LogP contribution in [-0.4, -0.2) is 17.0 Å². The average Bonchev–Trinajstić information content (AvgIpc) is 2.49. The van der Waals surface area contributed by atoms with Crippen LogP contribution in [0.15, 0.2) is 48.5 Å².